The molecule has 1 aliphatic heterocycles. The molecule has 2 rings (SSSR count). The molecule has 0 aromatic heterocycles. The normalized spacial score (nSPS) is 19.6. The highest BCUT2D eigenvalue weighted by Crippen LogP contribution is 2.17. The molecule has 16 heavy (non-hydrogen) atoms. The lowest BCUT2D eigenvalue weighted by Gasteiger charge is -2.28. The maximum absolute atomic E-state index is 10.0. The second kappa shape index (κ2) is 5.64. The van der Waals surface area contributed by atoms with Crippen molar-refractivity contribution in [3.8, 4) is 0 Å². The first kappa shape index (κ1) is 11.9. The molecule has 0 bridgehead atoms. The number of ether oxygens (including phenoxy) is 1. The summed E-state index contributed by atoms with van der Waals surface area (Å²) in [6.07, 6.45) is -0.449. The molecule has 1 heterocycles. The number of benzene rings is 1. The minimum Gasteiger partial charge on any atom is -0.387 e. The SMILES string of the molecule is OC(CN1CCOCC1)c1ccc(Cl)cc1. The summed E-state index contributed by atoms with van der Waals surface area (Å²) in [5, 5.41) is 10.7. The molecule has 1 N–H and O–H groups in total. The maximum Gasteiger partial charge on any atom is 0.0916 e. The van der Waals surface area contributed by atoms with Crippen LogP contribution in [0.5, 0.6) is 0 Å². The molecular weight excluding hydrogens is 226 g/mol. The van der Waals surface area contributed by atoms with Crippen molar-refractivity contribution >= 4 is 11.6 Å². The molecular formula is C12H16ClNO2. The minimum atomic E-state index is -0.449. The molecule has 1 aromatic rings. The average molecular weight is 242 g/mol. The number of aliphatic hydroxyl groups excluding tert-OH is 1. The van der Waals surface area contributed by atoms with E-state index in [2.05, 4.69) is 4.90 Å². The second-order valence-electron chi connectivity index (χ2n) is 3.98. The van der Waals surface area contributed by atoms with E-state index in [4.69, 9.17) is 16.3 Å². The molecule has 1 saturated heterocycles. The molecule has 4 heteroatoms. The Morgan fingerprint density at radius 2 is 1.88 bits per heavy atom. The van der Waals surface area contributed by atoms with Crippen LogP contribution in [-0.2, 0) is 4.74 Å². The Morgan fingerprint density at radius 1 is 1.25 bits per heavy atom. The Kier molecular flexibility index (Phi) is 4.18. The van der Waals surface area contributed by atoms with Crippen molar-refractivity contribution in [1.82, 2.24) is 4.90 Å². The van der Waals surface area contributed by atoms with E-state index in [-0.39, 0.29) is 0 Å². The monoisotopic (exact) mass is 241 g/mol. The largest absolute Gasteiger partial charge is 0.387 e. The van der Waals surface area contributed by atoms with Crippen LogP contribution in [-0.4, -0.2) is 42.9 Å². The maximum atomic E-state index is 10.0. The van der Waals surface area contributed by atoms with Crippen LogP contribution in [0.15, 0.2) is 24.3 Å². The van der Waals surface area contributed by atoms with Crippen molar-refractivity contribution in [1.29, 1.82) is 0 Å². The number of β-amino-alcohol motifs (C(OH)–C–C–N with tert-alkyl or cyclic N) is 1. The summed E-state index contributed by atoms with van der Waals surface area (Å²) in [7, 11) is 0. The summed E-state index contributed by atoms with van der Waals surface area (Å²) in [6.45, 7) is 3.96. The van der Waals surface area contributed by atoms with E-state index >= 15 is 0 Å². The average Bonchev–Trinajstić information content (AvgIpc) is 2.31. The topological polar surface area (TPSA) is 32.7 Å². The van der Waals surface area contributed by atoms with Gasteiger partial charge in [-0.25, -0.2) is 0 Å². The van der Waals surface area contributed by atoms with Gasteiger partial charge >= 0.3 is 0 Å². The summed E-state index contributed by atoms with van der Waals surface area (Å²) >= 11 is 5.80. The fourth-order valence-corrected chi connectivity index (χ4v) is 1.94. The molecule has 0 saturated carbocycles. The van der Waals surface area contributed by atoms with Gasteiger partial charge in [0.15, 0.2) is 0 Å². The zero-order chi connectivity index (χ0) is 11.4. The van der Waals surface area contributed by atoms with Crippen LogP contribution >= 0.6 is 11.6 Å². The molecule has 1 aromatic carbocycles. The van der Waals surface area contributed by atoms with Crippen molar-refractivity contribution in [3.63, 3.8) is 0 Å². The van der Waals surface area contributed by atoms with E-state index in [9.17, 15) is 5.11 Å². The highest BCUT2D eigenvalue weighted by atomic mass is 35.5. The number of hydrogen-bond acceptors (Lipinski definition) is 3. The van der Waals surface area contributed by atoms with Gasteiger partial charge in [0, 0.05) is 24.7 Å². The number of nitrogens with zero attached hydrogens (tertiary/aromatic N) is 1. The smallest absolute Gasteiger partial charge is 0.0916 e. The molecule has 1 aliphatic rings. The third-order valence-corrected chi connectivity index (χ3v) is 3.04. The quantitative estimate of drug-likeness (QED) is 0.875. The van der Waals surface area contributed by atoms with Crippen LogP contribution < -0.4 is 0 Å². The Labute approximate surface area is 101 Å². The molecule has 0 aliphatic carbocycles. The zero-order valence-corrected chi connectivity index (χ0v) is 9.86. The van der Waals surface area contributed by atoms with Crippen LogP contribution in [0.3, 0.4) is 0 Å². The van der Waals surface area contributed by atoms with Gasteiger partial charge in [-0.1, -0.05) is 23.7 Å². The Hall–Kier alpha value is -0.610. The van der Waals surface area contributed by atoms with Crippen LogP contribution in [0.25, 0.3) is 0 Å². The summed E-state index contributed by atoms with van der Waals surface area (Å²) in [5.74, 6) is 0. The van der Waals surface area contributed by atoms with Gasteiger partial charge in [0.2, 0.25) is 0 Å². The zero-order valence-electron chi connectivity index (χ0n) is 9.10. The van der Waals surface area contributed by atoms with E-state index in [1.54, 1.807) is 12.1 Å². The van der Waals surface area contributed by atoms with E-state index in [0.29, 0.717) is 11.6 Å². The van der Waals surface area contributed by atoms with Gasteiger partial charge in [0.1, 0.15) is 0 Å². The van der Waals surface area contributed by atoms with Gasteiger partial charge in [-0.15, -0.1) is 0 Å². The Morgan fingerprint density at radius 3 is 2.50 bits per heavy atom. The molecule has 0 radical (unpaired) electrons. The van der Waals surface area contributed by atoms with Crippen molar-refractivity contribution < 1.29 is 9.84 Å². The first-order chi connectivity index (χ1) is 7.75. The first-order valence-electron chi connectivity index (χ1n) is 5.49. The first-order valence-corrected chi connectivity index (χ1v) is 5.87. The lowest BCUT2D eigenvalue weighted by Crippen LogP contribution is -2.38. The number of halogens is 1. The second-order valence-corrected chi connectivity index (χ2v) is 4.42. The van der Waals surface area contributed by atoms with Crippen molar-refractivity contribution in [3.05, 3.63) is 34.9 Å². The van der Waals surface area contributed by atoms with Gasteiger partial charge in [0.05, 0.1) is 19.3 Å². The summed E-state index contributed by atoms with van der Waals surface area (Å²) in [6, 6.07) is 7.35. The van der Waals surface area contributed by atoms with Crippen LogP contribution in [0.4, 0.5) is 0 Å². The standard InChI is InChI=1S/C12H16ClNO2/c13-11-3-1-10(2-4-11)12(15)9-14-5-7-16-8-6-14/h1-4,12,15H,5-9H2. The van der Waals surface area contributed by atoms with Gasteiger partial charge < -0.3 is 9.84 Å². The third kappa shape index (κ3) is 3.19. The van der Waals surface area contributed by atoms with E-state index in [1.165, 1.54) is 0 Å². The molecule has 3 nitrogen and oxygen atoms in total. The van der Waals surface area contributed by atoms with E-state index in [1.807, 2.05) is 12.1 Å². The van der Waals surface area contributed by atoms with E-state index in [0.717, 1.165) is 31.9 Å². The van der Waals surface area contributed by atoms with Crippen molar-refractivity contribution in [2.45, 2.75) is 6.10 Å². The lowest BCUT2D eigenvalue weighted by atomic mass is 10.1. The summed E-state index contributed by atoms with van der Waals surface area (Å²) in [5.41, 5.74) is 0.913. The fourth-order valence-electron chi connectivity index (χ4n) is 1.82. The molecule has 1 unspecified atom stereocenters. The highest BCUT2D eigenvalue weighted by Gasteiger charge is 2.15. The highest BCUT2D eigenvalue weighted by molar-refractivity contribution is 6.30. The number of hydrogen-bond donors (Lipinski definition) is 1. The van der Waals surface area contributed by atoms with Crippen LogP contribution in [0.2, 0.25) is 5.02 Å². The minimum absolute atomic E-state index is 0.449. The van der Waals surface area contributed by atoms with Crippen molar-refractivity contribution in [2.75, 3.05) is 32.8 Å². The predicted octanol–water partition coefficient (Wildman–Crippen LogP) is 1.71. The van der Waals surface area contributed by atoms with Crippen LogP contribution in [0, 0.1) is 0 Å². The molecule has 1 fully saturated rings. The number of aliphatic hydroxyl groups is 1. The van der Waals surface area contributed by atoms with Crippen LogP contribution in [0.1, 0.15) is 11.7 Å². The van der Waals surface area contributed by atoms with Gasteiger partial charge in [0.25, 0.3) is 0 Å². The molecule has 1 atom stereocenters. The Bertz CT molecular complexity index is 322. The van der Waals surface area contributed by atoms with Gasteiger partial charge in [-0.3, -0.25) is 4.90 Å². The van der Waals surface area contributed by atoms with E-state index < -0.39 is 6.10 Å². The van der Waals surface area contributed by atoms with Crippen molar-refractivity contribution in [2.24, 2.45) is 0 Å². The molecule has 0 spiro atoms. The Balaban J connectivity index is 1.91. The summed E-state index contributed by atoms with van der Waals surface area (Å²) in [4.78, 5) is 2.21. The molecule has 88 valence electrons. The number of morpholine rings is 1. The predicted molar refractivity (Wildman–Crippen MR) is 63.7 cm³/mol. The van der Waals surface area contributed by atoms with Gasteiger partial charge in [-0.05, 0) is 17.7 Å². The third-order valence-electron chi connectivity index (χ3n) is 2.79. The summed E-state index contributed by atoms with van der Waals surface area (Å²) < 4.78 is 5.26. The van der Waals surface area contributed by atoms with Gasteiger partial charge in [-0.2, -0.15) is 0 Å². The fraction of sp³-hybridized carbons (Fsp3) is 0.500. The number of rotatable bonds is 3. The molecule has 0 amide bonds. The lowest BCUT2D eigenvalue weighted by molar-refractivity contribution is 0.0143.